The van der Waals surface area contributed by atoms with Crippen LogP contribution in [0.2, 0.25) is 0 Å². The SMILES string of the molecule is CN(CC[C@H](Br)C(=O)O)S(=O)(=O)c1ccccc1. The van der Waals surface area contributed by atoms with Crippen LogP contribution in [0.1, 0.15) is 6.42 Å². The minimum atomic E-state index is -3.54. The van der Waals surface area contributed by atoms with Gasteiger partial charge in [-0.15, -0.1) is 0 Å². The van der Waals surface area contributed by atoms with Crippen molar-refractivity contribution in [1.29, 1.82) is 0 Å². The molecule has 0 saturated carbocycles. The molecule has 0 amide bonds. The van der Waals surface area contributed by atoms with Crippen molar-refractivity contribution in [3.63, 3.8) is 0 Å². The number of carboxylic acid groups (broad SMARTS) is 1. The van der Waals surface area contributed by atoms with E-state index in [9.17, 15) is 13.2 Å². The van der Waals surface area contributed by atoms with Crippen molar-refractivity contribution in [2.45, 2.75) is 16.1 Å². The molecule has 0 aliphatic carbocycles. The van der Waals surface area contributed by atoms with Gasteiger partial charge in [0, 0.05) is 13.6 Å². The first-order chi connectivity index (χ1) is 8.35. The highest BCUT2D eigenvalue weighted by molar-refractivity contribution is 9.10. The summed E-state index contributed by atoms with van der Waals surface area (Å²) in [6.45, 7) is 0.138. The second-order valence-corrected chi connectivity index (χ2v) is 6.88. The van der Waals surface area contributed by atoms with E-state index in [-0.39, 0.29) is 17.9 Å². The molecule has 7 heteroatoms. The van der Waals surface area contributed by atoms with Gasteiger partial charge in [-0.2, -0.15) is 0 Å². The Balaban J connectivity index is 2.72. The third-order valence-electron chi connectivity index (χ3n) is 2.42. The lowest BCUT2D eigenvalue weighted by atomic mass is 10.3. The number of nitrogens with zero attached hydrogens (tertiary/aromatic N) is 1. The number of benzene rings is 1. The molecule has 1 N–H and O–H groups in total. The zero-order valence-corrected chi connectivity index (χ0v) is 12.2. The molecule has 1 rings (SSSR count). The normalized spacial score (nSPS) is 13.5. The van der Waals surface area contributed by atoms with Crippen LogP contribution in [0.4, 0.5) is 0 Å². The third-order valence-corrected chi connectivity index (χ3v) is 5.14. The Morgan fingerprint density at radius 3 is 2.44 bits per heavy atom. The van der Waals surface area contributed by atoms with Gasteiger partial charge in [-0.05, 0) is 18.6 Å². The lowest BCUT2D eigenvalue weighted by Gasteiger charge is -2.17. The first-order valence-corrected chi connectivity index (χ1v) is 7.59. The van der Waals surface area contributed by atoms with Crippen molar-refractivity contribution in [2.24, 2.45) is 0 Å². The van der Waals surface area contributed by atoms with E-state index < -0.39 is 20.8 Å². The summed E-state index contributed by atoms with van der Waals surface area (Å²) in [6.07, 6.45) is 0.206. The van der Waals surface area contributed by atoms with Gasteiger partial charge < -0.3 is 5.11 Å². The fourth-order valence-electron chi connectivity index (χ4n) is 1.31. The number of sulfonamides is 1. The molecule has 0 saturated heterocycles. The number of rotatable bonds is 6. The van der Waals surface area contributed by atoms with E-state index in [1.807, 2.05) is 0 Å². The average Bonchev–Trinajstić information content (AvgIpc) is 2.36. The molecule has 5 nitrogen and oxygen atoms in total. The van der Waals surface area contributed by atoms with Gasteiger partial charge in [0.05, 0.1) is 4.90 Å². The maximum Gasteiger partial charge on any atom is 0.317 e. The quantitative estimate of drug-likeness (QED) is 0.800. The van der Waals surface area contributed by atoms with Gasteiger partial charge in [0.25, 0.3) is 0 Å². The van der Waals surface area contributed by atoms with Gasteiger partial charge in [-0.25, -0.2) is 12.7 Å². The first kappa shape index (κ1) is 15.1. The van der Waals surface area contributed by atoms with E-state index in [2.05, 4.69) is 15.9 Å². The zero-order valence-electron chi connectivity index (χ0n) is 9.78. The van der Waals surface area contributed by atoms with Crippen molar-refractivity contribution in [3.8, 4) is 0 Å². The number of alkyl halides is 1. The van der Waals surface area contributed by atoms with Crippen molar-refractivity contribution in [1.82, 2.24) is 4.31 Å². The molecule has 0 radical (unpaired) electrons. The fourth-order valence-corrected chi connectivity index (χ4v) is 2.72. The molecular formula is C11H14BrNO4S. The van der Waals surface area contributed by atoms with Crippen LogP contribution in [0.15, 0.2) is 35.2 Å². The standard InChI is InChI=1S/C11H14BrNO4S/c1-13(8-7-10(12)11(14)15)18(16,17)9-5-3-2-4-6-9/h2-6,10H,7-8H2,1H3,(H,14,15)/t10-/m0/s1. The fraction of sp³-hybridized carbons (Fsp3) is 0.364. The van der Waals surface area contributed by atoms with E-state index in [1.54, 1.807) is 18.2 Å². The number of carboxylic acids is 1. The average molecular weight is 336 g/mol. The summed E-state index contributed by atoms with van der Waals surface area (Å²) in [5.41, 5.74) is 0. The molecule has 0 aliphatic rings. The molecule has 0 spiro atoms. The predicted molar refractivity (Wildman–Crippen MR) is 71.2 cm³/mol. The van der Waals surface area contributed by atoms with Crippen molar-refractivity contribution in [3.05, 3.63) is 30.3 Å². The Kier molecular flexibility index (Phi) is 5.30. The van der Waals surface area contributed by atoms with Crippen molar-refractivity contribution >= 4 is 31.9 Å². The molecule has 100 valence electrons. The summed E-state index contributed by atoms with van der Waals surface area (Å²) in [6, 6.07) is 8.04. The largest absolute Gasteiger partial charge is 0.480 e. The van der Waals surface area contributed by atoms with Crippen LogP contribution in [-0.4, -0.2) is 42.2 Å². The van der Waals surface area contributed by atoms with Crippen LogP contribution in [0.3, 0.4) is 0 Å². The Morgan fingerprint density at radius 2 is 1.94 bits per heavy atom. The molecule has 0 aliphatic heterocycles. The number of hydrogen-bond acceptors (Lipinski definition) is 3. The maximum atomic E-state index is 12.1. The molecule has 0 unspecified atom stereocenters. The monoisotopic (exact) mass is 335 g/mol. The third kappa shape index (κ3) is 3.79. The predicted octanol–water partition coefficient (Wildman–Crippen LogP) is 1.55. The van der Waals surface area contributed by atoms with E-state index in [0.29, 0.717) is 0 Å². The van der Waals surface area contributed by atoms with Gasteiger partial charge in [0.15, 0.2) is 0 Å². The smallest absolute Gasteiger partial charge is 0.317 e. The van der Waals surface area contributed by atoms with Crippen molar-refractivity contribution in [2.75, 3.05) is 13.6 Å². The van der Waals surface area contributed by atoms with Crippen LogP contribution >= 0.6 is 15.9 Å². The van der Waals surface area contributed by atoms with Crippen molar-refractivity contribution < 1.29 is 18.3 Å². The zero-order chi connectivity index (χ0) is 13.8. The number of halogens is 1. The molecule has 18 heavy (non-hydrogen) atoms. The van der Waals surface area contributed by atoms with Crippen LogP contribution in [-0.2, 0) is 14.8 Å². The highest BCUT2D eigenvalue weighted by atomic mass is 79.9. The minimum absolute atomic E-state index is 0.138. The molecule has 0 fully saturated rings. The lowest BCUT2D eigenvalue weighted by molar-refractivity contribution is -0.136. The van der Waals surface area contributed by atoms with Crippen LogP contribution in [0, 0.1) is 0 Å². The van der Waals surface area contributed by atoms with Gasteiger partial charge in [-0.3, -0.25) is 4.79 Å². The van der Waals surface area contributed by atoms with Crippen LogP contribution in [0.25, 0.3) is 0 Å². The lowest BCUT2D eigenvalue weighted by Crippen LogP contribution is -2.30. The van der Waals surface area contributed by atoms with Gasteiger partial charge in [-0.1, -0.05) is 34.1 Å². The Hall–Kier alpha value is -0.920. The topological polar surface area (TPSA) is 74.7 Å². The summed E-state index contributed by atoms with van der Waals surface area (Å²) in [7, 11) is -2.11. The van der Waals surface area contributed by atoms with Crippen LogP contribution in [0.5, 0.6) is 0 Å². The minimum Gasteiger partial charge on any atom is -0.480 e. The second-order valence-electron chi connectivity index (χ2n) is 3.73. The van der Waals surface area contributed by atoms with E-state index >= 15 is 0 Å². The Labute approximate surface area is 115 Å². The summed E-state index contributed by atoms with van der Waals surface area (Å²) >= 11 is 2.97. The molecule has 1 aromatic carbocycles. The molecule has 0 aromatic heterocycles. The number of carbonyl (C=O) groups is 1. The number of hydrogen-bond donors (Lipinski definition) is 1. The molecular weight excluding hydrogens is 322 g/mol. The van der Waals surface area contributed by atoms with E-state index in [1.165, 1.54) is 19.2 Å². The van der Waals surface area contributed by atoms with Gasteiger partial charge in [0.1, 0.15) is 4.83 Å². The number of aliphatic carboxylic acids is 1. The molecule has 0 bridgehead atoms. The maximum absolute atomic E-state index is 12.1. The molecule has 0 heterocycles. The summed E-state index contributed by atoms with van der Waals surface area (Å²) in [4.78, 5) is 10.1. The summed E-state index contributed by atoms with van der Waals surface area (Å²) < 4.78 is 25.3. The Morgan fingerprint density at radius 1 is 1.39 bits per heavy atom. The molecule has 1 atom stereocenters. The first-order valence-electron chi connectivity index (χ1n) is 5.24. The van der Waals surface area contributed by atoms with Gasteiger partial charge >= 0.3 is 5.97 Å². The van der Waals surface area contributed by atoms with E-state index in [4.69, 9.17) is 5.11 Å². The second kappa shape index (κ2) is 6.31. The highest BCUT2D eigenvalue weighted by Crippen LogP contribution is 2.15. The summed E-state index contributed by atoms with van der Waals surface area (Å²) in [5.74, 6) is -1.000. The summed E-state index contributed by atoms with van der Waals surface area (Å²) in [5, 5.41) is 8.70. The highest BCUT2D eigenvalue weighted by Gasteiger charge is 2.22. The Bertz CT molecular complexity index is 503. The van der Waals surface area contributed by atoms with Crippen LogP contribution < -0.4 is 0 Å². The molecule has 1 aromatic rings. The van der Waals surface area contributed by atoms with Gasteiger partial charge in [0.2, 0.25) is 10.0 Å². The van der Waals surface area contributed by atoms with E-state index in [0.717, 1.165) is 4.31 Å².